The second-order valence-corrected chi connectivity index (χ2v) is 6.10. The number of carbonyl (C=O) groups is 1. The van der Waals surface area contributed by atoms with Gasteiger partial charge in [0.2, 0.25) is 10.0 Å². The predicted octanol–water partition coefficient (Wildman–Crippen LogP) is -0.370. The SMILES string of the molecule is COC(=O)CS(=O)(=O)NCC1CCCCC1O. The Hall–Kier alpha value is -0.660. The first kappa shape index (κ1) is 14.4. The van der Waals surface area contributed by atoms with Crippen molar-refractivity contribution in [1.29, 1.82) is 0 Å². The van der Waals surface area contributed by atoms with Gasteiger partial charge < -0.3 is 9.84 Å². The summed E-state index contributed by atoms with van der Waals surface area (Å²) in [5.74, 6) is -1.52. The molecule has 0 amide bonds. The van der Waals surface area contributed by atoms with E-state index >= 15 is 0 Å². The van der Waals surface area contributed by atoms with E-state index in [1.54, 1.807) is 0 Å². The highest BCUT2D eigenvalue weighted by molar-refractivity contribution is 7.90. The van der Waals surface area contributed by atoms with Crippen LogP contribution in [0.1, 0.15) is 25.7 Å². The van der Waals surface area contributed by atoms with Crippen LogP contribution in [0, 0.1) is 5.92 Å². The van der Waals surface area contributed by atoms with Crippen molar-refractivity contribution >= 4 is 16.0 Å². The Balaban J connectivity index is 2.40. The molecule has 2 unspecified atom stereocenters. The van der Waals surface area contributed by atoms with E-state index in [4.69, 9.17) is 0 Å². The Bertz CT molecular complexity index is 354. The Morgan fingerprint density at radius 1 is 1.41 bits per heavy atom. The summed E-state index contributed by atoms with van der Waals surface area (Å²) >= 11 is 0. The van der Waals surface area contributed by atoms with Gasteiger partial charge in [0.25, 0.3) is 0 Å². The van der Waals surface area contributed by atoms with Crippen molar-refractivity contribution in [3.63, 3.8) is 0 Å². The number of hydrogen-bond acceptors (Lipinski definition) is 5. The summed E-state index contributed by atoms with van der Waals surface area (Å²) in [6.45, 7) is 0.181. The van der Waals surface area contributed by atoms with Crippen LogP contribution in [-0.4, -0.2) is 45.0 Å². The molecule has 0 aromatic carbocycles. The maximum atomic E-state index is 11.5. The van der Waals surface area contributed by atoms with Crippen molar-refractivity contribution in [2.24, 2.45) is 5.92 Å². The average molecular weight is 265 g/mol. The van der Waals surface area contributed by atoms with Crippen LogP contribution in [-0.2, 0) is 19.6 Å². The fourth-order valence-electron chi connectivity index (χ4n) is 1.93. The lowest BCUT2D eigenvalue weighted by molar-refractivity contribution is -0.137. The second-order valence-electron chi connectivity index (χ2n) is 4.30. The van der Waals surface area contributed by atoms with Crippen LogP contribution < -0.4 is 4.72 Å². The first-order valence-corrected chi connectivity index (χ1v) is 7.32. The predicted molar refractivity (Wildman–Crippen MR) is 61.8 cm³/mol. The molecule has 0 aromatic heterocycles. The number of aliphatic hydroxyl groups is 1. The summed E-state index contributed by atoms with van der Waals surface area (Å²) in [4.78, 5) is 10.9. The largest absolute Gasteiger partial charge is 0.468 e. The summed E-state index contributed by atoms with van der Waals surface area (Å²) in [5, 5.41) is 9.67. The van der Waals surface area contributed by atoms with E-state index in [9.17, 15) is 18.3 Å². The number of aliphatic hydroxyl groups excluding tert-OH is 1. The van der Waals surface area contributed by atoms with E-state index in [-0.39, 0.29) is 12.5 Å². The highest BCUT2D eigenvalue weighted by Crippen LogP contribution is 2.23. The molecule has 0 aromatic rings. The van der Waals surface area contributed by atoms with Gasteiger partial charge in [-0.2, -0.15) is 0 Å². The van der Waals surface area contributed by atoms with Crippen LogP contribution in [0.2, 0.25) is 0 Å². The third kappa shape index (κ3) is 5.01. The molecule has 0 aliphatic heterocycles. The van der Waals surface area contributed by atoms with Gasteiger partial charge in [0.15, 0.2) is 5.75 Å². The van der Waals surface area contributed by atoms with Gasteiger partial charge in [-0.15, -0.1) is 0 Å². The second kappa shape index (κ2) is 6.32. The minimum Gasteiger partial charge on any atom is -0.468 e. The van der Waals surface area contributed by atoms with Crippen molar-refractivity contribution < 1.29 is 23.1 Å². The van der Waals surface area contributed by atoms with E-state index in [1.807, 2.05) is 0 Å². The number of methoxy groups -OCH3 is 1. The molecule has 1 saturated carbocycles. The molecule has 7 heteroatoms. The minimum absolute atomic E-state index is 0.0591. The van der Waals surface area contributed by atoms with Gasteiger partial charge in [-0.3, -0.25) is 4.79 Å². The molecule has 1 aliphatic carbocycles. The number of nitrogens with one attached hydrogen (secondary N) is 1. The van der Waals surface area contributed by atoms with Crippen molar-refractivity contribution in [2.45, 2.75) is 31.8 Å². The number of sulfonamides is 1. The normalized spacial score (nSPS) is 25.5. The number of ether oxygens (including phenoxy) is 1. The lowest BCUT2D eigenvalue weighted by atomic mass is 9.87. The van der Waals surface area contributed by atoms with Gasteiger partial charge in [-0.1, -0.05) is 12.8 Å². The van der Waals surface area contributed by atoms with Crippen molar-refractivity contribution in [3.05, 3.63) is 0 Å². The molecule has 100 valence electrons. The van der Waals surface area contributed by atoms with Gasteiger partial charge in [0, 0.05) is 6.54 Å². The highest BCUT2D eigenvalue weighted by atomic mass is 32.2. The van der Waals surface area contributed by atoms with Gasteiger partial charge in [0.1, 0.15) is 0 Å². The van der Waals surface area contributed by atoms with Gasteiger partial charge in [0.05, 0.1) is 13.2 Å². The van der Waals surface area contributed by atoms with E-state index in [0.29, 0.717) is 6.42 Å². The lowest BCUT2D eigenvalue weighted by Gasteiger charge is -2.27. The molecule has 0 radical (unpaired) electrons. The molecule has 2 N–H and O–H groups in total. The Labute approximate surface area is 101 Å². The van der Waals surface area contributed by atoms with Crippen molar-refractivity contribution in [1.82, 2.24) is 4.72 Å². The molecular weight excluding hydrogens is 246 g/mol. The van der Waals surface area contributed by atoms with E-state index in [2.05, 4.69) is 9.46 Å². The summed E-state index contributed by atoms with van der Waals surface area (Å²) in [7, 11) is -2.51. The smallest absolute Gasteiger partial charge is 0.322 e. The van der Waals surface area contributed by atoms with Gasteiger partial charge >= 0.3 is 5.97 Å². The van der Waals surface area contributed by atoms with Crippen LogP contribution in [0.15, 0.2) is 0 Å². The number of esters is 1. The first-order valence-electron chi connectivity index (χ1n) is 5.67. The first-order chi connectivity index (χ1) is 7.94. The Morgan fingerprint density at radius 3 is 2.65 bits per heavy atom. The molecule has 1 fully saturated rings. The summed E-state index contributed by atoms with van der Waals surface area (Å²) in [6.07, 6.45) is 3.04. The quantitative estimate of drug-likeness (QED) is 0.662. The Morgan fingerprint density at radius 2 is 2.06 bits per heavy atom. The van der Waals surface area contributed by atoms with Crippen LogP contribution >= 0.6 is 0 Å². The third-order valence-corrected chi connectivity index (χ3v) is 4.19. The van der Waals surface area contributed by atoms with Crippen LogP contribution in [0.4, 0.5) is 0 Å². The van der Waals surface area contributed by atoms with Crippen LogP contribution in [0.5, 0.6) is 0 Å². The van der Waals surface area contributed by atoms with E-state index in [0.717, 1.165) is 26.4 Å². The molecule has 0 bridgehead atoms. The minimum atomic E-state index is -3.65. The topological polar surface area (TPSA) is 92.7 Å². The molecule has 1 rings (SSSR count). The van der Waals surface area contributed by atoms with Crippen molar-refractivity contribution in [3.8, 4) is 0 Å². The van der Waals surface area contributed by atoms with E-state index in [1.165, 1.54) is 0 Å². The average Bonchev–Trinajstić information content (AvgIpc) is 2.27. The number of carbonyl (C=O) groups excluding carboxylic acids is 1. The third-order valence-electron chi connectivity index (χ3n) is 2.97. The van der Waals surface area contributed by atoms with Gasteiger partial charge in [-0.05, 0) is 18.8 Å². The molecule has 0 heterocycles. The standard InChI is InChI=1S/C10H19NO5S/c1-16-10(13)7-17(14,15)11-6-8-4-2-3-5-9(8)12/h8-9,11-12H,2-7H2,1H3. The monoisotopic (exact) mass is 265 g/mol. The van der Waals surface area contributed by atoms with Crippen molar-refractivity contribution in [2.75, 3.05) is 19.4 Å². The number of rotatable bonds is 5. The highest BCUT2D eigenvalue weighted by Gasteiger charge is 2.25. The molecule has 1 aliphatic rings. The maximum Gasteiger partial charge on any atom is 0.322 e. The zero-order valence-electron chi connectivity index (χ0n) is 9.89. The molecule has 2 atom stereocenters. The molecule has 6 nitrogen and oxygen atoms in total. The molecule has 0 saturated heterocycles. The molecular formula is C10H19NO5S. The van der Waals surface area contributed by atoms with Gasteiger partial charge in [-0.25, -0.2) is 13.1 Å². The molecule has 17 heavy (non-hydrogen) atoms. The number of hydrogen-bond donors (Lipinski definition) is 2. The van der Waals surface area contributed by atoms with Crippen LogP contribution in [0.3, 0.4) is 0 Å². The molecule has 0 spiro atoms. The fourth-order valence-corrected chi connectivity index (χ4v) is 2.92. The zero-order valence-corrected chi connectivity index (χ0v) is 10.7. The van der Waals surface area contributed by atoms with Crippen LogP contribution in [0.25, 0.3) is 0 Å². The Kier molecular flexibility index (Phi) is 5.35. The van der Waals surface area contributed by atoms with E-state index < -0.39 is 27.8 Å². The fraction of sp³-hybridized carbons (Fsp3) is 0.900. The summed E-state index contributed by atoms with van der Waals surface area (Å²) in [5.41, 5.74) is 0. The zero-order chi connectivity index (χ0) is 12.9. The summed E-state index contributed by atoms with van der Waals surface area (Å²) in [6, 6.07) is 0. The summed E-state index contributed by atoms with van der Waals surface area (Å²) < 4.78 is 29.5. The lowest BCUT2D eigenvalue weighted by Crippen LogP contribution is -2.38. The maximum absolute atomic E-state index is 11.5.